The number of ether oxygens (including phenoxy) is 1. The van der Waals surface area contributed by atoms with Gasteiger partial charge >= 0.3 is 6.36 Å². The fourth-order valence-electron chi connectivity index (χ4n) is 3.56. The van der Waals surface area contributed by atoms with E-state index in [9.17, 15) is 13.2 Å². The van der Waals surface area contributed by atoms with Gasteiger partial charge in [0.05, 0.1) is 12.2 Å². The van der Waals surface area contributed by atoms with E-state index in [1.807, 2.05) is 6.07 Å². The van der Waals surface area contributed by atoms with E-state index in [0.717, 1.165) is 18.5 Å². The van der Waals surface area contributed by atoms with Crippen molar-refractivity contribution in [2.45, 2.75) is 63.9 Å². The van der Waals surface area contributed by atoms with E-state index in [0.29, 0.717) is 36.2 Å². The molecule has 0 spiro atoms. The van der Waals surface area contributed by atoms with E-state index in [-0.39, 0.29) is 17.7 Å². The molecule has 2 N–H and O–H groups in total. The molecule has 2 atom stereocenters. The maximum absolute atomic E-state index is 12.6. The number of halogens is 3. The molecule has 1 saturated carbocycles. The Bertz CT molecular complexity index is 862. The summed E-state index contributed by atoms with van der Waals surface area (Å²) in [6.45, 7) is 4.66. The zero-order valence-corrected chi connectivity index (χ0v) is 17.3. The first-order valence-electron chi connectivity index (χ1n) is 10.1. The molecule has 0 amide bonds. The van der Waals surface area contributed by atoms with Crippen LogP contribution < -0.4 is 15.4 Å². The summed E-state index contributed by atoms with van der Waals surface area (Å²) in [5.41, 5.74) is 1.48. The van der Waals surface area contributed by atoms with Crippen LogP contribution in [0.2, 0.25) is 0 Å². The standard InChI is InChI=1S/C21H27F3N4O2/c1-4-13(5-2)17-10-14(30-28-17)12-26-20(25-3)27-18-11-16(18)15-8-6-7-9-19(15)29-21(22,23)24/h6-10,13,16,18H,4-5,11-12H2,1-3H3,(H2,25,26,27). The van der Waals surface area contributed by atoms with Crippen molar-refractivity contribution in [3.8, 4) is 5.75 Å². The number of aromatic nitrogens is 1. The molecule has 2 aromatic rings. The molecule has 30 heavy (non-hydrogen) atoms. The quantitative estimate of drug-likeness (QED) is 0.475. The summed E-state index contributed by atoms with van der Waals surface area (Å²) in [4.78, 5) is 4.19. The predicted octanol–water partition coefficient (Wildman–Crippen LogP) is 4.70. The van der Waals surface area contributed by atoms with Crippen molar-refractivity contribution in [1.29, 1.82) is 0 Å². The van der Waals surface area contributed by atoms with Crippen LogP contribution in [0.4, 0.5) is 13.2 Å². The molecule has 164 valence electrons. The third-order valence-electron chi connectivity index (χ3n) is 5.29. The molecule has 9 heteroatoms. The van der Waals surface area contributed by atoms with E-state index >= 15 is 0 Å². The smallest absolute Gasteiger partial charge is 0.405 e. The fourth-order valence-corrected chi connectivity index (χ4v) is 3.56. The molecule has 0 radical (unpaired) electrons. The van der Waals surface area contributed by atoms with E-state index < -0.39 is 6.36 Å². The highest BCUT2D eigenvalue weighted by atomic mass is 19.4. The number of hydrogen-bond donors (Lipinski definition) is 2. The molecule has 1 heterocycles. The molecule has 1 aromatic carbocycles. The lowest BCUT2D eigenvalue weighted by atomic mass is 9.99. The third-order valence-corrected chi connectivity index (χ3v) is 5.29. The Morgan fingerprint density at radius 2 is 2.03 bits per heavy atom. The number of hydrogen-bond acceptors (Lipinski definition) is 4. The van der Waals surface area contributed by atoms with Crippen molar-refractivity contribution in [1.82, 2.24) is 15.8 Å². The van der Waals surface area contributed by atoms with Crippen molar-refractivity contribution in [3.63, 3.8) is 0 Å². The summed E-state index contributed by atoms with van der Waals surface area (Å²) >= 11 is 0. The molecule has 1 aliphatic rings. The maximum Gasteiger partial charge on any atom is 0.573 e. The van der Waals surface area contributed by atoms with Crippen LogP contribution in [-0.2, 0) is 6.54 Å². The molecule has 2 unspecified atom stereocenters. The number of aliphatic imine (C=N–C) groups is 1. The maximum atomic E-state index is 12.6. The van der Waals surface area contributed by atoms with Crippen molar-refractivity contribution < 1.29 is 22.4 Å². The topological polar surface area (TPSA) is 71.7 Å². The Morgan fingerprint density at radius 3 is 2.70 bits per heavy atom. The van der Waals surface area contributed by atoms with Crippen LogP contribution in [0.3, 0.4) is 0 Å². The van der Waals surface area contributed by atoms with Crippen molar-refractivity contribution in [2.75, 3.05) is 7.05 Å². The second kappa shape index (κ2) is 9.40. The molecule has 1 aromatic heterocycles. The normalized spacial score (nSPS) is 19.1. The second-order valence-electron chi connectivity index (χ2n) is 7.34. The Hall–Kier alpha value is -2.71. The van der Waals surface area contributed by atoms with Gasteiger partial charge in [0.1, 0.15) is 5.75 Å². The molecular weight excluding hydrogens is 397 g/mol. The number of benzene rings is 1. The SMILES string of the molecule is CCC(CC)c1cc(CNC(=NC)NC2CC2c2ccccc2OC(F)(F)F)on1. The largest absolute Gasteiger partial charge is 0.573 e. The summed E-state index contributed by atoms with van der Waals surface area (Å²) in [7, 11) is 1.64. The molecule has 0 saturated heterocycles. The summed E-state index contributed by atoms with van der Waals surface area (Å²) < 4.78 is 47.5. The average Bonchev–Trinajstić information content (AvgIpc) is 3.31. The Balaban J connectivity index is 1.55. The zero-order chi connectivity index (χ0) is 21.7. The van der Waals surface area contributed by atoms with Gasteiger partial charge in [-0.05, 0) is 30.9 Å². The summed E-state index contributed by atoms with van der Waals surface area (Å²) in [5.74, 6) is 1.41. The van der Waals surface area contributed by atoms with Gasteiger partial charge < -0.3 is 19.9 Å². The lowest BCUT2D eigenvalue weighted by molar-refractivity contribution is -0.274. The minimum absolute atomic E-state index is 0.0240. The lowest BCUT2D eigenvalue weighted by Crippen LogP contribution is -2.38. The number of nitrogens with one attached hydrogen (secondary N) is 2. The summed E-state index contributed by atoms with van der Waals surface area (Å²) in [6.07, 6.45) is -2.01. The van der Waals surface area contributed by atoms with Gasteiger partial charge in [-0.1, -0.05) is 37.2 Å². The number of rotatable bonds is 8. The third kappa shape index (κ3) is 5.67. The Morgan fingerprint density at radius 1 is 1.30 bits per heavy atom. The average molecular weight is 424 g/mol. The minimum atomic E-state index is -4.71. The fraction of sp³-hybridized carbons (Fsp3) is 0.524. The number of nitrogens with zero attached hydrogens (tertiary/aromatic N) is 2. The van der Waals surface area contributed by atoms with Crippen molar-refractivity contribution in [2.24, 2.45) is 4.99 Å². The van der Waals surface area contributed by atoms with Crippen LogP contribution in [0.1, 0.15) is 62.0 Å². The summed E-state index contributed by atoms with van der Waals surface area (Å²) in [6, 6.07) is 8.17. The highest BCUT2D eigenvalue weighted by Crippen LogP contribution is 2.45. The van der Waals surface area contributed by atoms with E-state index in [2.05, 4.69) is 39.4 Å². The minimum Gasteiger partial charge on any atom is -0.405 e. The van der Waals surface area contributed by atoms with Crippen LogP contribution in [0.15, 0.2) is 39.8 Å². The van der Waals surface area contributed by atoms with Gasteiger partial charge in [0.15, 0.2) is 11.7 Å². The first-order valence-corrected chi connectivity index (χ1v) is 10.1. The van der Waals surface area contributed by atoms with Gasteiger partial charge in [-0.25, -0.2) is 0 Å². The number of alkyl halides is 3. The second-order valence-corrected chi connectivity index (χ2v) is 7.34. The van der Waals surface area contributed by atoms with Crippen molar-refractivity contribution in [3.05, 3.63) is 47.3 Å². The Labute approximate surface area is 173 Å². The van der Waals surface area contributed by atoms with Gasteiger partial charge in [-0.2, -0.15) is 0 Å². The first kappa shape index (κ1) is 22.0. The van der Waals surface area contributed by atoms with Gasteiger partial charge in [0.2, 0.25) is 0 Å². The number of guanidine groups is 1. The van der Waals surface area contributed by atoms with E-state index in [1.54, 1.807) is 19.2 Å². The summed E-state index contributed by atoms with van der Waals surface area (Å²) in [5, 5.41) is 10.6. The molecular formula is C21H27F3N4O2. The molecule has 3 rings (SSSR count). The van der Waals surface area contributed by atoms with Crippen LogP contribution >= 0.6 is 0 Å². The van der Waals surface area contributed by atoms with E-state index in [1.165, 1.54) is 12.1 Å². The van der Waals surface area contributed by atoms with E-state index in [4.69, 9.17) is 4.52 Å². The zero-order valence-electron chi connectivity index (χ0n) is 17.3. The van der Waals surface area contributed by atoms with Gasteiger partial charge in [-0.15, -0.1) is 13.2 Å². The van der Waals surface area contributed by atoms with Gasteiger partial charge in [0.25, 0.3) is 0 Å². The molecule has 1 fully saturated rings. The molecule has 0 bridgehead atoms. The number of para-hydroxylation sites is 1. The monoisotopic (exact) mass is 424 g/mol. The lowest BCUT2D eigenvalue weighted by Gasteiger charge is -2.14. The highest BCUT2D eigenvalue weighted by Gasteiger charge is 2.42. The Kier molecular flexibility index (Phi) is 6.89. The van der Waals surface area contributed by atoms with Crippen LogP contribution in [-0.4, -0.2) is 30.6 Å². The molecule has 1 aliphatic carbocycles. The van der Waals surface area contributed by atoms with Crippen LogP contribution in [0.5, 0.6) is 5.75 Å². The first-order chi connectivity index (χ1) is 14.3. The molecule has 0 aliphatic heterocycles. The predicted molar refractivity (Wildman–Crippen MR) is 107 cm³/mol. The highest BCUT2D eigenvalue weighted by molar-refractivity contribution is 5.80. The van der Waals surface area contributed by atoms with Crippen LogP contribution in [0.25, 0.3) is 0 Å². The van der Waals surface area contributed by atoms with Crippen LogP contribution in [0, 0.1) is 0 Å². The van der Waals surface area contributed by atoms with Gasteiger partial charge in [0, 0.05) is 31.0 Å². The van der Waals surface area contributed by atoms with Gasteiger partial charge in [-0.3, -0.25) is 4.99 Å². The van der Waals surface area contributed by atoms with Crippen molar-refractivity contribution >= 4 is 5.96 Å². The molecule has 6 nitrogen and oxygen atoms in total.